The van der Waals surface area contributed by atoms with E-state index in [0.717, 1.165) is 24.3 Å². The van der Waals surface area contributed by atoms with Crippen LogP contribution in [0.1, 0.15) is 0 Å². The Morgan fingerprint density at radius 2 is 2.00 bits per heavy atom. The van der Waals surface area contributed by atoms with Gasteiger partial charge in [-0.2, -0.15) is 0 Å². The molecule has 2 aromatic carbocycles. The summed E-state index contributed by atoms with van der Waals surface area (Å²) in [5.74, 6) is -2.54. The second kappa shape index (κ2) is 7.14. The van der Waals surface area contributed by atoms with Gasteiger partial charge in [-0.15, -0.1) is 0 Å². The standard InChI is InChI=1S/C14H9BrF2N2O4/c15-8-1-3-11(10(17)5-8)18-14(20)7-23-13-6-9(16)2-4-12(13)19(21)22/h1-6H,7H2,(H,18,20). The normalized spacial score (nSPS) is 10.2. The second-order valence-corrected chi connectivity index (χ2v) is 5.25. The van der Waals surface area contributed by atoms with Gasteiger partial charge in [0, 0.05) is 16.6 Å². The minimum absolute atomic E-state index is 0.0736. The SMILES string of the molecule is O=C(COc1cc(F)ccc1[N+](=O)[O-])Nc1ccc(Br)cc1F. The molecule has 0 aromatic heterocycles. The largest absolute Gasteiger partial charge is 0.477 e. The molecule has 2 aromatic rings. The number of halogens is 3. The maximum atomic E-state index is 13.6. The Bertz CT molecular complexity index is 770. The number of ether oxygens (including phenoxy) is 1. The van der Waals surface area contributed by atoms with Gasteiger partial charge in [-0.3, -0.25) is 14.9 Å². The highest BCUT2D eigenvalue weighted by Crippen LogP contribution is 2.27. The van der Waals surface area contributed by atoms with Crippen molar-refractivity contribution in [1.82, 2.24) is 0 Å². The summed E-state index contributed by atoms with van der Waals surface area (Å²) in [4.78, 5) is 21.7. The lowest BCUT2D eigenvalue weighted by Gasteiger charge is -2.09. The summed E-state index contributed by atoms with van der Waals surface area (Å²) in [6.07, 6.45) is 0. The maximum absolute atomic E-state index is 13.6. The Balaban J connectivity index is 2.05. The van der Waals surface area contributed by atoms with Crippen molar-refractivity contribution in [3.8, 4) is 5.75 Å². The van der Waals surface area contributed by atoms with Crippen LogP contribution in [0.15, 0.2) is 40.9 Å². The fourth-order valence-corrected chi connectivity index (χ4v) is 2.01. The van der Waals surface area contributed by atoms with Crippen molar-refractivity contribution in [3.05, 3.63) is 62.6 Å². The molecule has 0 fully saturated rings. The first kappa shape index (κ1) is 16.8. The van der Waals surface area contributed by atoms with Crippen molar-refractivity contribution in [2.45, 2.75) is 0 Å². The fourth-order valence-electron chi connectivity index (χ4n) is 1.67. The van der Waals surface area contributed by atoms with Crippen LogP contribution >= 0.6 is 15.9 Å². The highest BCUT2D eigenvalue weighted by atomic mass is 79.9. The van der Waals surface area contributed by atoms with Crippen molar-refractivity contribution in [3.63, 3.8) is 0 Å². The Morgan fingerprint density at radius 1 is 1.26 bits per heavy atom. The molecule has 23 heavy (non-hydrogen) atoms. The van der Waals surface area contributed by atoms with Gasteiger partial charge < -0.3 is 10.1 Å². The molecule has 1 amide bonds. The number of nitro benzene ring substituents is 1. The third-order valence-electron chi connectivity index (χ3n) is 2.68. The summed E-state index contributed by atoms with van der Waals surface area (Å²) in [6, 6.07) is 6.65. The summed E-state index contributed by atoms with van der Waals surface area (Å²) < 4.78 is 32.1. The van der Waals surface area contributed by atoms with Gasteiger partial charge in [-0.05, 0) is 24.3 Å². The van der Waals surface area contributed by atoms with Crippen LogP contribution in [0.2, 0.25) is 0 Å². The van der Waals surface area contributed by atoms with Crippen molar-refractivity contribution in [1.29, 1.82) is 0 Å². The van der Waals surface area contributed by atoms with Gasteiger partial charge in [0.2, 0.25) is 5.75 Å². The predicted molar refractivity (Wildman–Crippen MR) is 81.3 cm³/mol. The first-order valence-corrected chi connectivity index (χ1v) is 6.98. The van der Waals surface area contributed by atoms with Crippen LogP contribution in [0, 0.1) is 21.7 Å². The third kappa shape index (κ3) is 4.46. The van der Waals surface area contributed by atoms with Gasteiger partial charge in [-0.25, -0.2) is 8.78 Å². The monoisotopic (exact) mass is 386 g/mol. The second-order valence-electron chi connectivity index (χ2n) is 4.33. The highest BCUT2D eigenvalue weighted by molar-refractivity contribution is 9.10. The Morgan fingerprint density at radius 3 is 2.65 bits per heavy atom. The van der Waals surface area contributed by atoms with Gasteiger partial charge in [0.15, 0.2) is 6.61 Å². The molecule has 0 saturated heterocycles. The van der Waals surface area contributed by atoms with Gasteiger partial charge >= 0.3 is 5.69 Å². The van der Waals surface area contributed by atoms with Gasteiger partial charge in [0.05, 0.1) is 10.6 Å². The average molecular weight is 387 g/mol. The quantitative estimate of drug-likeness (QED) is 0.627. The van der Waals surface area contributed by atoms with Crippen molar-refractivity contribution in [2.75, 3.05) is 11.9 Å². The molecule has 120 valence electrons. The molecule has 0 spiro atoms. The molecule has 1 N–H and O–H groups in total. The number of nitrogens with one attached hydrogen (secondary N) is 1. The summed E-state index contributed by atoms with van der Waals surface area (Å²) in [7, 11) is 0. The van der Waals surface area contributed by atoms with Gasteiger partial charge in [0.1, 0.15) is 11.6 Å². The number of carbonyl (C=O) groups is 1. The van der Waals surface area contributed by atoms with Crippen LogP contribution < -0.4 is 10.1 Å². The third-order valence-corrected chi connectivity index (χ3v) is 3.18. The first-order valence-electron chi connectivity index (χ1n) is 6.18. The molecule has 0 atom stereocenters. The lowest BCUT2D eigenvalue weighted by molar-refractivity contribution is -0.385. The predicted octanol–water partition coefficient (Wildman–Crippen LogP) is 3.65. The van der Waals surface area contributed by atoms with E-state index in [2.05, 4.69) is 21.2 Å². The molecule has 0 aliphatic carbocycles. The minimum atomic E-state index is -0.763. The Labute approximate surface area is 137 Å². The number of hydrogen-bond acceptors (Lipinski definition) is 4. The lowest BCUT2D eigenvalue weighted by Crippen LogP contribution is -2.21. The van der Waals surface area contributed by atoms with Gasteiger partial charge in [-0.1, -0.05) is 15.9 Å². The van der Waals surface area contributed by atoms with E-state index in [0.29, 0.717) is 4.47 Å². The number of carbonyl (C=O) groups excluding carboxylic acids is 1. The number of nitro groups is 1. The minimum Gasteiger partial charge on any atom is -0.477 e. The van der Waals surface area contributed by atoms with Crippen LogP contribution in [-0.4, -0.2) is 17.4 Å². The smallest absolute Gasteiger partial charge is 0.311 e. The molecule has 0 radical (unpaired) electrons. The van der Waals surface area contributed by atoms with E-state index in [4.69, 9.17) is 4.74 Å². The molecule has 0 saturated carbocycles. The number of rotatable bonds is 5. The number of nitrogens with zero attached hydrogens (tertiary/aromatic N) is 1. The van der Waals surface area contributed by atoms with Crippen LogP contribution in [0.3, 0.4) is 0 Å². The molecule has 0 bridgehead atoms. The molecular weight excluding hydrogens is 378 g/mol. The maximum Gasteiger partial charge on any atom is 0.311 e. The number of hydrogen-bond donors (Lipinski definition) is 1. The van der Waals surface area contributed by atoms with E-state index in [1.54, 1.807) is 0 Å². The lowest BCUT2D eigenvalue weighted by atomic mass is 10.3. The molecule has 2 rings (SSSR count). The van der Waals surface area contributed by atoms with E-state index >= 15 is 0 Å². The number of benzene rings is 2. The highest BCUT2D eigenvalue weighted by Gasteiger charge is 2.17. The Kier molecular flexibility index (Phi) is 5.22. The van der Waals surface area contributed by atoms with Gasteiger partial charge in [0.25, 0.3) is 5.91 Å². The molecule has 0 unspecified atom stereocenters. The summed E-state index contributed by atoms with van der Waals surface area (Å²) in [5, 5.41) is 13.0. The van der Waals surface area contributed by atoms with Crippen LogP contribution in [0.4, 0.5) is 20.2 Å². The molecule has 9 heteroatoms. The van der Waals surface area contributed by atoms with E-state index in [1.165, 1.54) is 12.1 Å². The summed E-state index contributed by atoms with van der Waals surface area (Å²) in [6.45, 7) is -0.639. The molecule has 0 aliphatic rings. The molecule has 0 aliphatic heterocycles. The van der Waals surface area contributed by atoms with Crippen molar-refractivity contribution in [2.24, 2.45) is 0 Å². The molecule has 6 nitrogen and oxygen atoms in total. The Hall–Kier alpha value is -2.55. The molecular formula is C14H9BrF2N2O4. The summed E-state index contributed by atoms with van der Waals surface area (Å²) >= 11 is 3.08. The van der Waals surface area contributed by atoms with Crippen LogP contribution in [0.25, 0.3) is 0 Å². The zero-order valence-corrected chi connectivity index (χ0v) is 13.0. The van der Waals surface area contributed by atoms with Crippen LogP contribution in [0.5, 0.6) is 5.75 Å². The molecule has 0 heterocycles. The zero-order valence-electron chi connectivity index (χ0n) is 11.4. The van der Waals surface area contributed by atoms with Crippen molar-refractivity contribution < 1.29 is 23.2 Å². The van der Waals surface area contributed by atoms with E-state index in [1.807, 2.05) is 0 Å². The number of amides is 1. The summed E-state index contributed by atoms with van der Waals surface area (Å²) in [5.41, 5.74) is -0.551. The topological polar surface area (TPSA) is 81.5 Å². The average Bonchev–Trinajstić information content (AvgIpc) is 2.48. The first-order chi connectivity index (χ1) is 10.9. The fraction of sp³-hybridized carbons (Fsp3) is 0.0714. The van der Waals surface area contributed by atoms with E-state index in [-0.39, 0.29) is 11.4 Å². The number of anilines is 1. The van der Waals surface area contributed by atoms with E-state index in [9.17, 15) is 23.7 Å². The zero-order chi connectivity index (χ0) is 17.0. The van der Waals surface area contributed by atoms with Crippen molar-refractivity contribution >= 4 is 33.2 Å². The van der Waals surface area contributed by atoms with Crippen LogP contribution in [-0.2, 0) is 4.79 Å². The van der Waals surface area contributed by atoms with E-state index < -0.39 is 34.8 Å².